The maximum atomic E-state index is 5.81. The third-order valence-electron chi connectivity index (χ3n) is 3.30. The van der Waals surface area contributed by atoms with Crippen LogP contribution in [0.15, 0.2) is 28.5 Å². The zero-order valence-corrected chi connectivity index (χ0v) is 12.7. The molecule has 0 unspecified atom stereocenters. The lowest BCUT2D eigenvalue weighted by atomic mass is 10.2. The molecule has 1 aliphatic rings. The number of benzene rings is 1. The number of nitrogens with zero attached hydrogens (tertiary/aromatic N) is 3. The molecular formula is C15H11N5O2S. The largest absolute Gasteiger partial charge is 0.486 e. The summed E-state index contributed by atoms with van der Waals surface area (Å²) in [6.45, 7) is 1.04. The van der Waals surface area contributed by atoms with E-state index < -0.39 is 0 Å². The average Bonchev–Trinajstić information content (AvgIpc) is 2.98. The lowest BCUT2D eigenvalue weighted by molar-refractivity contribution is 0.171. The van der Waals surface area contributed by atoms with E-state index in [4.69, 9.17) is 21.6 Å². The number of anilines is 1. The van der Waals surface area contributed by atoms with Crippen LogP contribution in [0, 0.1) is 12.3 Å². The van der Waals surface area contributed by atoms with Gasteiger partial charge in [-0.15, -0.1) is 6.42 Å². The highest BCUT2D eigenvalue weighted by molar-refractivity contribution is 7.99. The van der Waals surface area contributed by atoms with Gasteiger partial charge in [-0.05, 0) is 6.07 Å². The molecule has 3 aromatic rings. The number of H-pyrrole nitrogens is 1. The number of rotatable bonds is 2. The number of terminal acetylenes is 1. The highest BCUT2D eigenvalue weighted by atomic mass is 32.2. The van der Waals surface area contributed by atoms with Crippen LogP contribution < -0.4 is 15.2 Å². The minimum absolute atomic E-state index is 0.355. The number of fused-ring (bicyclic) bond motifs is 2. The summed E-state index contributed by atoms with van der Waals surface area (Å²) >= 11 is 1.38. The Morgan fingerprint density at radius 3 is 2.74 bits per heavy atom. The van der Waals surface area contributed by atoms with E-state index in [1.165, 1.54) is 18.1 Å². The van der Waals surface area contributed by atoms with Gasteiger partial charge in [-0.25, -0.2) is 15.0 Å². The number of aromatic amines is 1. The molecule has 0 saturated heterocycles. The van der Waals surface area contributed by atoms with Gasteiger partial charge < -0.3 is 20.2 Å². The van der Waals surface area contributed by atoms with Crippen molar-refractivity contribution in [2.24, 2.45) is 0 Å². The summed E-state index contributed by atoms with van der Waals surface area (Å²) in [6, 6.07) is 3.66. The Hall–Kier alpha value is -2.92. The van der Waals surface area contributed by atoms with Crippen LogP contribution in [0.25, 0.3) is 11.2 Å². The van der Waals surface area contributed by atoms with E-state index >= 15 is 0 Å². The summed E-state index contributed by atoms with van der Waals surface area (Å²) < 4.78 is 11.1. The van der Waals surface area contributed by atoms with Gasteiger partial charge in [0, 0.05) is 16.5 Å². The molecular weight excluding hydrogens is 314 g/mol. The Bertz CT molecular complexity index is 947. The Balaban J connectivity index is 1.75. The summed E-state index contributed by atoms with van der Waals surface area (Å²) in [5.41, 5.74) is 7.64. The fraction of sp³-hybridized carbons (Fsp3) is 0.133. The van der Waals surface area contributed by atoms with Crippen molar-refractivity contribution in [1.29, 1.82) is 0 Å². The standard InChI is InChI=1S/C15H11N5O2S/c1-2-8-5-9-10(22-4-3-21-9)6-11(8)23-15-19-12-13(16)17-7-18-14(12)20-15/h1,5-7H,3-4H2,(H3,16,17,18,19,20). The Labute approximate surface area is 135 Å². The predicted molar refractivity (Wildman–Crippen MR) is 85.6 cm³/mol. The number of ether oxygens (including phenoxy) is 2. The van der Waals surface area contributed by atoms with Gasteiger partial charge >= 0.3 is 0 Å². The molecule has 4 rings (SSSR count). The van der Waals surface area contributed by atoms with Crippen LogP contribution in [0.3, 0.4) is 0 Å². The molecule has 3 heterocycles. The molecule has 114 valence electrons. The van der Waals surface area contributed by atoms with E-state index in [9.17, 15) is 0 Å². The molecule has 0 bridgehead atoms. The topological polar surface area (TPSA) is 98.9 Å². The second kappa shape index (κ2) is 5.37. The molecule has 1 aromatic carbocycles. The maximum absolute atomic E-state index is 5.81. The number of nitrogens with one attached hydrogen (secondary N) is 1. The van der Waals surface area contributed by atoms with Gasteiger partial charge in [0.1, 0.15) is 25.1 Å². The first kappa shape index (κ1) is 13.7. The van der Waals surface area contributed by atoms with Crippen LogP contribution in [0.2, 0.25) is 0 Å². The number of hydrogen-bond acceptors (Lipinski definition) is 7. The lowest BCUT2D eigenvalue weighted by Gasteiger charge is -2.19. The van der Waals surface area contributed by atoms with Crippen LogP contribution >= 0.6 is 11.8 Å². The highest BCUT2D eigenvalue weighted by Gasteiger charge is 2.17. The zero-order chi connectivity index (χ0) is 15.8. The molecule has 1 aliphatic heterocycles. The van der Waals surface area contributed by atoms with Crippen molar-refractivity contribution in [3.05, 3.63) is 24.0 Å². The van der Waals surface area contributed by atoms with E-state index in [1.807, 2.05) is 6.07 Å². The normalized spacial score (nSPS) is 13.0. The quantitative estimate of drug-likeness (QED) is 0.694. The number of aromatic nitrogens is 4. The second-order valence-corrected chi connectivity index (χ2v) is 5.77. The summed E-state index contributed by atoms with van der Waals surface area (Å²) in [6.07, 6.45) is 6.98. The molecule has 0 fully saturated rings. The van der Waals surface area contributed by atoms with Crippen LogP contribution in [0.1, 0.15) is 5.56 Å². The SMILES string of the molecule is C#Cc1cc2c(cc1Sc1nc3ncnc(N)c3[nH]1)OCCO2. The van der Waals surface area contributed by atoms with E-state index in [1.54, 1.807) is 6.07 Å². The van der Waals surface area contributed by atoms with Crippen LogP contribution in [-0.4, -0.2) is 33.1 Å². The van der Waals surface area contributed by atoms with Crippen LogP contribution in [0.4, 0.5) is 5.82 Å². The molecule has 0 spiro atoms. The molecule has 0 radical (unpaired) electrons. The van der Waals surface area contributed by atoms with Crippen LogP contribution in [-0.2, 0) is 0 Å². The summed E-state index contributed by atoms with van der Waals surface area (Å²) in [5, 5.41) is 0.625. The van der Waals surface area contributed by atoms with E-state index in [2.05, 4.69) is 25.9 Å². The van der Waals surface area contributed by atoms with Crippen molar-refractivity contribution < 1.29 is 9.47 Å². The van der Waals surface area contributed by atoms with E-state index in [-0.39, 0.29) is 0 Å². The van der Waals surface area contributed by atoms with Gasteiger partial charge in [-0.2, -0.15) is 0 Å². The first-order valence-electron chi connectivity index (χ1n) is 6.79. The second-order valence-electron chi connectivity index (χ2n) is 4.74. The van der Waals surface area contributed by atoms with Crippen molar-refractivity contribution in [3.63, 3.8) is 0 Å². The van der Waals surface area contributed by atoms with Gasteiger partial charge in [0.15, 0.2) is 28.1 Å². The monoisotopic (exact) mass is 325 g/mol. The lowest BCUT2D eigenvalue weighted by Crippen LogP contribution is -2.15. The molecule has 2 aromatic heterocycles. The minimum atomic E-state index is 0.355. The maximum Gasteiger partial charge on any atom is 0.183 e. The van der Waals surface area contributed by atoms with Crippen molar-refractivity contribution in [2.75, 3.05) is 18.9 Å². The van der Waals surface area contributed by atoms with Gasteiger partial charge in [0.05, 0.1) is 0 Å². The number of nitrogen functional groups attached to an aromatic ring is 1. The van der Waals surface area contributed by atoms with E-state index in [0.29, 0.717) is 52.4 Å². The Morgan fingerprint density at radius 2 is 2.00 bits per heavy atom. The van der Waals surface area contributed by atoms with Crippen molar-refractivity contribution >= 4 is 28.7 Å². The van der Waals surface area contributed by atoms with Gasteiger partial charge in [-0.3, -0.25) is 0 Å². The van der Waals surface area contributed by atoms with Crippen molar-refractivity contribution in [2.45, 2.75) is 10.1 Å². The predicted octanol–water partition coefficient (Wildman–Crippen LogP) is 1.84. The molecule has 0 saturated carbocycles. The third-order valence-corrected chi connectivity index (χ3v) is 4.25. The van der Waals surface area contributed by atoms with Gasteiger partial charge in [0.25, 0.3) is 0 Å². The molecule has 0 aliphatic carbocycles. The van der Waals surface area contributed by atoms with Gasteiger partial charge in [0.2, 0.25) is 0 Å². The van der Waals surface area contributed by atoms with Crippen molar-refractivity contribution in [1.82, 2.24) is 19.9 Å². The first-order valence-corrected chi connectivity index (χ1v) is 7.60. The number of nitrogens with two attached hydrogens (primary N) is 1. The molecule has 23 heavy (non-hydrogen) atoms. The minimum Gasteiger partial charge on any atom is -0.486 e. The fourth-order valence-corrected chi connectivity index (χ4v) is 3.13. The number of hydrogen-bond donors (Lipinski definition) is 2. The summed E-state index contributed by atoms with van der Waals surface area (Å²) in [5.74, 6) is 4.35. The molecule has 8 heteroatoms. The van der Waals surface area contributed by atoms with Crippen LogP contribution in [0.5, 0.6) is 11.5 Å². The zero-order valence-electron chi connectivity index (χ0n) is 11.9. The summed E-state index contributed by atoms with van der Waals surface area (Å²) in [7, 11) is 0. The Morgan fingerprint density at radius 1 is 1.22 bits per heavy atom. The Kier molecular flexibility index (Phi) is 3.20. The highest BCUT2D eigenvalue weighted by Crippen LogP contribution is 2.39. The first-order chi connectivity index (χ1) is 11.2. The molecule has 3 N–H and O–H groups in total. The number of imidazole rings is 1. The fourth-order valence-electron chi connectivity index (χ4n) is 2.25. The molecule has 7 nitrogen and oxygen atoms in total. The average molecular weight is 325 g/mol. The van der Waals surface area contributed by atoms with Crippen molar-refractivity contribution in [3.8, 4) is 23.8 Å². The third kappa shape index (κ3) is 2.41. The molecule has 0 atom stereocenters. The van der Waals surface area contributed by atoms with E-state index in [0.717, 1.165) is 4.90 Å². The molecule has 0 amide bonds. The van der Waals surface area contributed by atoms with Gasteiger partial charge in [-0.1, -0.05) is 17.7 Å². The smallest absolute Gasteiger partial charge is 0.183 e. The summed E-state index contributed by atoms with van der Waals surface area (Å²) in [4.78, 5) is 16.4.